The van der Waals surface area contributed by atoms with Gasteiger partial charge in [-0.05, 0) is 19.1 Å². The topological polar surface area (TPSA) is 78.4 Å². The second-order valence-corrected chi connectivity index (χ2v) is 3.75. The van der Waals surface area contributed by atoms with E-state index in [1.165, 1.54) is 6.20 Å². The van der Waals surface area contributed by atoms with E-state index < -0.39 is 5.97 Å². The Bertz CT molecular complexity index is 438. The zero-order valence-corrected chi connectivity index (χ0v) is 10.1. The second-order valence-electron chi connectivity index (χ2n) is 3.75. The van der Waals surface area contributed by atoms with Crippen LogP contribution in [0.4, 0.5) is 0 Å². The van der Waals surface area contributed by atoms with Crippen molar-refractivity contribution in [3.63, 3.8) is 0 Å². The van der Waals surface area contributed by atoms with Crippen LogP contribution in [0.15, 0.2) is 36.5 Å². The van der Waals surface area contributed by atoms with Crippen LogP contribution in [0.25, 0.3) is 0 Å². The Morgan fingerprint density at radius 1 is 1.22 bits per heavy atom. The van der Waals surface area contributed by atoms with E-state index in [0.29, 0.717) is 18.7 Å². The highest BCUT2D eigenvalue weighted by Gasteiger charge is 2.02. The summed E-state index contributed by atoms with van der Waals surface area (Å²) in [6.45, 7) is 2.86. The third kappa shape index (κ3) is 5.16. The molecule has 1 amide bonds. The van der Waals surface area contributed by atoms with Crippen molar-refractivity contribution in [1.82, 2.24) is 10.6 Å². The Morgan fingerprint density at radius 3 is 2.50 bits per heavy atom. The molecule has 0 aliphatic carbocycles. The van der Waals surface area contributed by atoms with Gasteiger partial charge in [0.25, 0.3) is 5.91 Å². The minimum atomic E-state index is -1.01. The number of carbonyl (C=O) groups is 2. The molecule has 1 aromatic rings. The maximum atomic E-state index is 11.6. The van der Waals surface area contributed by atoms with Gasteiger partial charge in [0.2, 0.25) is 0 Å². The summed E-state index contributed by atoms with van der Waals surface area (Å²) in [5.41, 5.74) is 1.72. The Kier molecular flexibility index (Phi) is 5.44. The molecular weight excluding hydrogens is 232 g/mol. The van der Waals surface area contributed by atoms with E-state index in [4.69, 9.17) is 5.11 Å². The molecule has 0 heterocycles. The summed E-state index contributed by atoms with van der Waals surface area (Å²) in [5, 5.41) is 13.8. The molecule has 0 aliphatic rings. The normalized spacial score (nSPS) is 10.3. The molecule has 96 valence electrons. The van der Waals surface area contributed by atoms with E-state index in [1.807, 2.05) is 19.1 Å². The molecule has 0 radical (unpaired) electrons. The molecule has 1 aromatic carbocycles. The lowest BCUT2D eigenvalue weighted by molar-refractivity contribution is -0.131. The van der Waals surface area contributed by atoms with Crippen LogP contribution in [-0.4, -0.2) is 30.1 Å². The van der Waals surface area contributed by atoms with Crippen LogP contribution in [0.3, 0.4) is 0 Å². The van der Waals surface area contributed by atoms with E-state index in [-0.39, 0.29) is 5.91 Å². The van der Waals surface area contributed by atoms with E-state index in [1.54, 1.807) is 12.1 Å². The second kappa shape index (κ2) is 7.11. The van der Waals surface area contributed by atoms with Crippen LogP contribution in [0.5, 0.6) is 0 Å². The summed E-state index contributed by atoms with van der Waals surface area (Å²) in [6, 6.07) is 7.29. The highest BCUT2D eigenvalue weighted by molar-refractivity contribution is 5.94. The number of amides is 1. The average Bonchev–Trinajstić information content (AvgIpc) is 2.34. The molecule has 0 unspecified atom stereocenters. The number of aryl methyl sites for hydroxylation is 1. The maximum Gasteiger partial charge on any atom is 0.329 e. The minimum Gasteiger partial charge on any atom is -0.478 e. The molecule has 0 saturated carbocycles. The van der Waals surface area contributed by atoms with Gasteiger partial charge < -0.3 is 15.7 Å². The number of carboxylic acid groups (broad SMARTS) is 1. The minimum absolute atomic E-state index is 0.140. The smallest absolute Gasteiger partial charge is 0.329 e. The molecule has 5 nitrogen and oxygen atoms in total. The molecule has 0 spiro atoms. The van der Waals surface area contributed by atoms with Crippen molar-refractivity contribution in [2.45, 2.75) is 6.92 Å². The van der Waals surface area contributed by atoms with Crippen molar-refractivity contribution in [2.24, 2.45) is 0 Å². The molecule has 0 atom stereocenters. The van der Waals surface area contributed by atoms with Gasteiger partial charge in [0.15, 0.2) is 0 Å². The summed E-state index contributed by atoms with van der Waals surface area (Å²) in [7, 11) is 0. The van der Waals surface area contributed by atoms with Crippen LogP contribution < -0.4 is 10.6 Å². The van der Waals surface area contributed by atoms with Crippen LogP contribution >= 0.6 is 0 Å². The monoisotopic (exact) mass is 248 g/mol. The first kappa shape index (κ1) is 13.8. The zero-order chi connectivity index (χ0) is 13.4. The predicted molar refractivity (Wildman–Crippen MR) is 68.3 cm³/mol. The summed E-state index contributed by atoms with van der Waals surface area (Å²) >= 11 is 0. The first-order valence-corrected chi connectivity index (χ1v) is 5.57. The largest absolute Gasteiger partial charge is 0.478 e. The van der Waals surface area contributed by atoms with Gasteiger partial charge in [-0.25, -0.2) is 4.79 Å². The van der Waals surface area contributed by atoms with Crippen molar-refractivity contribution < 1.29 is 14.7 Å². The summed E-state index contributed by atoms with van der Waals surface area (Å²) < 4.78 is 0. The van der Waals surface area contributed by atoms with Crippen LogP contribution in [0, 0.1) is 6.92 Å². The molecular formula is C13H16N2O3. The van der Waals surface area contributed by atoms with Crippen molar-refractivity contribution in [3.8, 4) is 0 Å². The lowest BCUT2D eigenvalue weighted by Crippen LogP contribution is -2.30. The molecule has 0 fully saturated rings. The predicted octanol–water partition coefficient (Wildman–Crippen LogP) is 0.913. The fraction of sp³-hybridized carbons (Fsp3) is 0.231. The fourth-order valence-electron chi connectivity index (χ4n) is 1.27. The number of hydrogen-bond donors (Lipinski definition) is 3. The summed E-state index contributed by atoms with van der Waals surface area (Å²) in [6.07, 6.45) is 2.34. The molecule has 18 heavy (non-hydrogen) atoms. The van der Waals surface area contributed by atoms with Crippen molar-refractivity contribution in [2.75, 3.05) is 13.1 Å². The number of nitrogens with one attached hydrogen (secondary N) is 2. The lowest BCUT2D eigenvalue weighted by atomic mass is 10.1. The van der Waals surface area contributed by atoms with Gasteiger partial charge in [-0.1, -0.05) is 17.7 Å². The quantitative estimate of drug-likeness (QED) is 0.516. The van der Waals surface area contributed by atoms with E-state index in [0.717, 1.165) is 11.6 Å². The van der Waals surface area contributed by atoms with E-state index in [9.17, 15) is 9.59 Å². The van der Waals surface area contributed by atoms with E-state index in [2.05, 4.69) is 10.6 Å². The van der Waals surface area contributed by atoms with Crippen molar-refractivity contribution >= 4 is 11.9 Å². The first-order valence-electron chi connectivity index (χ1n) is 5.57. The fourth-order valence-corrected chi connectivity index (χ4v) is 1.27. The van der Waals surface area contributed by atoms with E-state index >= 15 is 0 Å². The molecule has 0 aromatic heterocycles. The molecule has 0 bridgehead atoms. The first-order chi connectivity index (χ1) is 8.59. The van der Waals surface area contributed by atoms with Crippen LogP contribution in [0.1, 0.15) is 15.9 Å². The Morgan fingerprint density at radius 2 is 1.89 bits per heavy atom. The highest BCUT2D eigenvalue weighted by Crippen LogP contribution is 2.02. The van der Waals surface area contributed by atoms with Gasteiger partial charge in [0, 0.05) is 30.9 Å². The van der Waals surface area contributed by atoms with Gasteiger partial charge >= 0.3 is 5.97 Å². The average molecular weight is 248 g/mol. The molecule has 5 heteroatoms. The summed E-state index contributed by atoms with van der Waals surface area (Å²) in [4.78, 5) is 21.8. The van der Waals surface area contributed by atoms with Gasteiger partial charge in [-0.15, -0.1) is 0 Å². The molecule has 0 saturated heterocycles. The standard InChI is InChI=1S/C13H16N2O3/c1-10-2-4-11(5-3-10)13(18)15-9-8-14-7-6-12(16)17/h2-7,14H,8-9H2,1H3,(H,15,18)(H,16,17)/b7-6+. The summed E-state index contributed by atoms with van der Waals surface area (Å²) in [5.74, 6) is -1.15. The Hall–Kier alpha value is -2.30. The number of carboxylic acids is 1. The Balaban J connectivity index is 2.25. The number of benzene rings is 1. The van der Waals surface area contributed by atoms with Crippen molar-refractivity contribution in [1.29, 1.82) is 0 Å². The van der Waals surface area contributed by atoms with Crippen LogP contribution in [0.2, 0.25) is 0 Å². The molecule has 3 N–H and O–H groups in total. The number of carbonyl (C=O) groups excluding carboxylic acids is 1. The third-order valence-corrected chi connectivity index (χ3v) is 2.21. The van der Waals surface area contributed by atoms with Gasteiger partial charge in [-0.2, -0.15) is 0 Å². The molecule has 0 aliphatic heterocycles. The van der Waals surface area contributed by atoms with Gasteiger partial charge in [0.05, 0.1) is 0 Å². The molecule has 1 rings (SSSR count). The SMILES string of the molecule is Cc1ccc(C(=O)NCCN/C=C/C(=O)O)cc1. The maximum absolute atomic E-state index is 11.6. The van der Waals surface area contributed by atoms with Gasteiger partial charge in [0.1, 0.15) is 0 Å². The Labute approximate surface area is 106 Å². The number of aliphatic carboxylic acids is 1. The highest BCUT2D eigenvalue weighted by atomic mass is 16.4. The van der Waals surface area contributed by atoms with Gasteiger partial charge in [-0.3, -0.25) is 4.79 Å². The van der Waals surface area contributed by atoms with Crippen molar-refractivity contribution in [3.05, 3.63) is 47.7 Å². The number of rotatable bonds is 6. The third-order valence-electron chi connectivity index (χ3n) is 2.21. The lowest BCUT2D eigenvalue weighted by Gasteiger charge is -2.05. The van der Waals surface area contributed by atoms with Crippen LogP contribution in [-0.2, 0) is 4.79 Å². The number of hydrogen-bond acceptors (Lipinski definition) is 3. The zero-order valence-electron chi connectivity index (χ0n) is 10.1.